The van der Waals surface area contributed by atoms with E-state index in [0.29, 0.717) is 4.88 Å². The van der Waals surface area contributed by atoms with Crippen LogP contribution in [-0.2, 0) is 4.74 Å². The van der Waals surface area contributed by atoms with Gasteiger partial charge in [-0.05, 0) is 19.2 Å². The fraction of sp³-hybridized carbons (Fsp3) is 0.176. The monoisotopic (exact) mass is 361 g/mol. The maximum absolute atomic E-state index is 11.7. The molecule has 1 aromatic carbocycles. The summed E-state index contributed by atoms with van der Waals surface area (Å²) in [6, 6.07) is 10.2. The molecular formula is C17H15NO2S3. The van der Waals surface area contributed by atoms with Crippen molar-refractivity contribution >= 4 is 40.4 Å². The van der Waals surface area contributed by atoms with Crippen LogP contribution < -0.4 is 0 Å². The molecule has 0 aliphatic heterocycles. The van der Waals surface area contributed by atoms with Gasteiger partial charge in [0.2, 0.25) is 0 Å². The maximum Gasteiger partial charge on any atom is 0.348 e. The Kier molecular flexibility index (Phi) is 4.84. The van der Waals surface area contributed by atoms with Crippen LogP contribution in [-0.4, -0.2) is 24.3 Å². The van der Waals surface area contributed by atoms with Gasteiger partial charge in [0, 0.05) is 16.5 Å². The first-order valence-electron chi connectivity index (χ1n) is 6.91. The zero-order valence-corrected chi connectivity index (χ0v) is 15.4. The van der Waals surface area contributed by atoms with E-state index in [1.165, 1.54) is 24.0 Å². The summed E-state index contributed by atoms with van der Waals surface area (Å²) in [5.74, 6) is -0.299. The van der Waals surface area contributed by atoms with Gasteiger partial charge in [-0.2, -0.15) is 0 Å². The zero-order chi connectivity index (χ0) is 16.4. The van der Waals surface area contributed by atoms with Crippen molar-refractivity contribution in [3.05, 3.63) is 46.2 Å². The Balaban J connectivity index is 1.98. The second-order valence-electron chi connectivity index (χ2n) is 4.91. The molecule has 0 amide bonds. The molecule has 0 fully saturated rings. The largest absolute Gasteiger partial charge is 0.465 e. The van der Waals surface area contributed by atoms with E-state index in [1.54, 1.807) is 23.1 Å². The number of esters is 1. The highest BCUT2D eigenvalue weighted by atomic mass is 32.2. The number of thioether (sulfide) groups is 1. The van der Waals surface area contributed by atoms with Crippen molar-refractivity contribution in [1.29, 1.82) is 0 Å². The summed E-state index contributed by atoms with van der Waals surface area (Å²) in [7, 11) is 1.40. The molecule has 0 atom stereocenters. The fourth-order valence-electron chi connectivity index (χ4n) is 2.13. The van der Waals surface area contributed by atoms with Crippen molar-refractivity contribution in [2.45, 2.75) is 11.1 Å². The minimum atomic E-state index is -0.299. The molecule has 3 rings (SSSR count). The van der Waals surface area contributed by atoms with E-state index in [2.05, 4.69) is 36.6 Å². The van der Waals surface area contributed by atoms with Gasteiger partial charge in [-0.15, -0.1) is 34.4 Å². The van der Waals surface area contributed by atoms with Gasteiger partial charge in [0.05, 0.1) is 17.0 Å². The Labute approximate surface area is 147 Å². The summed E-state index contributed by atoms with van der Waals surface area (Å²) in [5.41, 5.74) is 4.30. The SMILES string of the molecule is COC(=O)c1cc(-c2nc(-c3ccc(C)cc3)cs2)c(SC)s1. The summed E-state index contributed by atoms with van der Waals surface area (Å²) in [6.07, 6.45) is 2.00. The highest BCUT2D eigenvalue weighted by Crippen LogP contribution is 2.40. The van der Waals surface area contributed by atoms with Crippen molar-refractivity contribution in [3.63, 3.8) is 0 Å². The maximum atomic E-state index is 11.7. The van der Waals surface area contributed by atoms with Crippen molar-refractivity contribution in [1.82, 2.24) is 4.98 Å². The standard InChI is InChI=1S/C17H15NO2S3/c1-10-4-6-11(7-5-10)13-9-22-15(18-13)12-8-14(16(19)20-2)23-17(12)21-3/h4-9H,1-3H3. The van der Waals surface area contributed by atoms with Crippen molar-refractivity contribution in [2.24, 2.45) is 0 Å². The number of hydrogen-bond acceptors (Lipinski definition) is 6. The lowest BCUT2D eigenvalue weighted by Crippen LogP contribution is -1.96. The van der Waals surface area contributed by atoms with E-state index < -0.39 is 0 Å². The van der Waals surface area contributed by atoms with Gasteiger partial charge in [-0.25, -0.2) is 9.78 Å². The number of benzene rings is 1. The van der Waals surface area contributed by atoms with Crippen LogP contribution in [0.15, 0.2) is 39.9 Å². The van der Waals surface area contributed by atoms with Gasteiger partial charge in [0.15, 0.2) is 0 Å². The van der Waals surface area contributed by atoms with Crippen molar-refractivity contribution in [3.8, 4) is 21.8 Å². The summed E-state index contributed by atoms with van der Waals surface area (Å²) in [5, 5.41) is 2.98. The summed E-state index contributed by atoms with van der Waals surface area (Å²) in [6.45, 7) is 2.07. The van der Waals surface area contributed by atoms with Crippen LogP contribution in [0.4, 0.5) is 0 Å². The van der Waals surface area contributed by atoms with Crippen LogP contribution in [0, 0.1) is 6.92 Å². The minimum Gasteiger partial charge on any atom is -0.465 e. The second-order valence-corrected chi connectivity index (χ2v) is 7.90. The van der Waals surface area contributed by atoms with Gasteiger partial charge in [-0.3, -0.25) is 0 Å². The molecule has 2 aromatic heterocycles. The minimum absolute atomic E-state index is 0.299. The molecule has 6 heteroatoms. The fourth-order valence-corrected chi connectivity index (χ4v) is 4.90. The van der Waals surface area contributed by atoms with Crippen LogP contribution in [0.2, 0.25) is 0 Å². The molecule has 0 bridgehead atoms. The van der Waals surface area contributed by atoms with Crippen LogP contribution in [0.1, 0.15) is 15.2 Å². The Hall–Kier alpha value is -1.63. The lowest BCUT2D eigenvalue weighted by molar-refractivity contribution is 0.0606. The first-order valence-corrected chi connectivity index (χ1v) is 9.83. The molecule has 0 saturated carbocycles. The Morgan fingerprint density at radius 3 is 2.65 bits per heavy atom. The van der Waals surface area contributed by atoms with Gasteiger partial charge in [-0.1, -0.05) is 29.8 Å². The summed E-state index contributed by atoms with van der Waals surface area (Å²) in [4.78, 5) is 17.1. The van der Waals surface area contributed by atoms with Crippen LogP contribution in [0.25, 0.3) is 21.8 Å². The van der Waals surface area contributed by atoms with E-state index in [-0.39, 0.29) is 5.97 Å². The summed E-state index contributed by atoms with van der Waals surface area (Å²) < 4.78 is 5.89. The highest BCUT2D eigenvalue weighted by molar-refractivity contribution is 8.00. The molecule has 0 unspecified atom stereocenters. The third-order valence-corrected chi connectivity index (χ3v) is 6.48. The van der Waals surface area contributed by atoms with Crippen molar-refractivity contribution in [2.75, 3.05) is 13.4 Å². The first kappa shape index (κ1) is 16.2. The molecule has 3 nitrogen and oxygen atoms in total. The third-order valence-electron chi connectivity index (χ3n) is 3.35. The molecule has 0 radical (unpaired) electrons. The number of aryl methyl sites for hydroxylation is 1. The lowest BCUT2D eigenvalue weighted by atomic mass is 10.1. The molecule has 3 aromatic rings. The van der Waals surface area contributed by atoms with Gasteiger partial charge in [0.1, 0.15) is 9.88 Å². The zero-order valence-electron chi connectivity index (χ0n) is 13.0. The van der Waals surface area contributed by atoms with E-state index in [4.69, 9.17) is 9.72 Å². The smallest absolute Gasteiger partial charge is 0.348 e. The van der Waals surface area contributed by atoms with E-state index in [9.17, 15) is 4.79 Å². The first-order chi connectivity index (χ1) is 11.1. The van der Waals surface area contributed by atoms with E-state index in [0.717, 1.165) is 26.0 Å². The van der Waals surface area contributed by atoms with Crippen LogP contribution >= 0.6 is 34.4 Å². The molecule has 0 spiro atoms. The van der Waals surface area contributed by atoms with Crippen LogP contribution in [0.3, 0.4) is 0 Å². The number of aromatic nitrogens is 1. The number of thiazole rings is 1. The number of thiophene rings is 1. The van der Waals surface area contributed by atoms with Crippen LogP contribution in [0.5, 0.6) is 0 Å². The number of nitrogens with zero attached hydrogens (tertiary/aromatic N) is 1. The highest BCUT2D eigenvalue weighted by Gasteiger charge is 2.18. The average molecular weight is 362 g/mol. The molecule has 0 N–H and O–H groups in total. The predicted octanol–water partition coefficient (Wildman–Crippen LogP) is 5.36. The number of rotatable bonds is 4. The number of methoxy groups -OCH3 is 1. The topological polar surface area (TPSA) is 39.2 Å². The van der Waals surface area contributed by atoms with Gasteiger partial charge in [0.25, 0.3) is 0 Å². The number of ether oxygens (including phenoxy) is 1. The summed E-state index contributed by atoms with van der Waals surface area (Å²) >= 11 is 4.67. The molecular weight excluding hydrogens is 346 g/mol. The number of carbonyl (C=O) groups excluding carboxylic acids is 1. The lowest BCUT2D eigenvalue weighted by Gasteiger charge is -1.98. The van der Waals surface area contributed by atoms with Crippen molar-refractivity contribution < 1.29 is 9.53 Å². The Bertz CT molecular complexity index is 834. The molecule has 0 aliphatic carbocycles. The second kappa shape index (κ2) is 6.86. The van der Waals surface area contributed by atoms with E-state index >= 15 is 0 Å². The number of hydrogen-bond donors (Lipinski definition) is 0. The molecule has 118 valence electrons. The van der Waals surface area contributed by atoms with E-state index in [1.807, 2.05) is 12.3 Å². The molecule has 0 saturated heterocycles. The molecule has 0 aliphatic rings. The molecule has 2 heterocycles. The molecule has 23 heavy (non-hydrogen) atoms. The quantitative estimate of drug-likeness (QED) is 0.463. The Morgan fingerprint density at radius 2 is 2.00 bits per heavy atom. The van der Waals surface area contributed by atoms with Gasteiger partial charge < -0.3 is 4.74 Å². The Morgan fingerprint density at radius 1 is 1.26 bits per heavy atom. The van der Waals surface area contributed by atoms with Gasteiger partial charge >= 0.3 is 5.97 Å². The third kappa shape index (κ3) is 3.34. The average Bonchev–Trinajstić information content (AvgIpc) is 3.21. The number of carbonyl (C=O) groups is 1. The predicted molar refractivity (Wildman–Crippen MR) is 98.7 cm³/mol. The normalized spacial score (nSPS) is 10.7.